The molecule has 0 aliphatic rings. The van der Waals surface area contributed by atoms with Gasteiger partial charge in [0.2, 0.25) is 5.82 Å². The molecule has 3 rings (SSSR count). The Bertz CT molecular complexity index is 795. The van der Waals surface area contributed by atoms with Crippen molar-refractivity contribution < 1.29 is 4.79 Å². The molecule has 1 aromatic carbocycles. The standard InChI is InChI=1S/C12H11N7O/c1-14-12(20)11-16-17-18-19(11)8-3-2-7-4-5-15-10(13)9(7)6-8/h2-6H,1H3,(H2,13,15)(H,14,20). The minimum absolute atomic E-state index is 0.106. The Morgan fingerprint density at radius 1 is 1.35 bits per heavy atom. The molecule has 0 radical (unpaired) electrons. The Balaban J connectivity index is 2.18. The lowest BCUT2D eigenvalue weighted by Crippen LogP contribution is -2.22. The SMILES string of the molecule is CNC(=O)c1nnnn1-c1ccc2ccnc(N)c2c1. The van der Waals surface area contributed by atoms with E-state index in [2.05, 4.69) is 25.8 Å². The minimum Gasteiger partial charge on any atom is -0.383 e. The lowest BCUT2D eigenvalue weighted by atomic mass is 10.1. The quantitative estimate of drug-likeness (QED) is 0.685. The van der Waals surface area contributed by atoms with Crippen molar-refractivity contribution in [2.24, 2.45) is 0 Å². The minimum atomic E-state index is -0.366. The number of carbonyl (C=O) groups is 1. The molecule has 8 nitrogen and oxygen atoms in total. The lowest BCUT2D eigenvalue weighted by Gasteiger charge is -2.06. The molecule has 0 aliphatic heterocycles. The van der Waals surface area contributed by atoms with Gasteiger partial charge in [0.25, 0.3) is 5.91 Å². The number of hydrogen-bond acceptors (Lipinski definition) is 6. The fourth-order valence-electron chi connectivity index (χ4n) is 1.92. The Morgan fingerprint density at radius 3 is 3.00 bits per heavy atom. The van der Waals surface area contributed by atoms with Gasteiger partial charge in [-0.05, 0) is 34.0 Å². The fraction of sp³-hybridized carbons (Fsp3) is 0.0833. The van der Waals surface area contributed by atoms with Crippen molar-refractivity contribution in [3.63, 3.8) is 0 Å². The van der Waals surface area contributed by atoms with Crippen LogP contribution in [0.1, 0.15) is 10.6 Å². The molecular weight excluding hydrogens is 258 g/mol. The second-order valence-electron chi connectivity index (χ2n) is 4.10. The molecular formula is C12H11N7O. The van der Waals surface area contributed by atoms with E-state index in [9.17, 15) is 4.79 Å². The number of nitrogens with two attached hydrogens (primary N) is 1. The highest BCUT2D eigenvalue weighted by Gasteiger charge is 2.15. The number of rotatable bonds is 2. The summed E-state index contributed by atoms with van der Waals surface area (Å²) in [5.41, 5.74) is 6.49. The van der Waals surface area contributed by atoms with Crippen LogP contribution in [0, 0.1) is 0 Å². The number of aromatic nitrogens is 5. The summed E-state index contributed by atoms with van der Waals surface area (Å²) in [7, 11) is 1.52. The predicted molar refractivity (Wildman–Crippen MR) is 72.3 cm³/mol. The maximum atomic E-state index is 11.7. The number of tetrazole rings is 1. The van der Waals surface area contributed by atoms with E-state index in [1.165, 1.54) is 11.7 Å². The van der Waals surface area contributed by atoms with Crippen molar-refractivity contribution in [2.75, 3.05) is 12.8 Å². The van der Waals surface area contributed by atoms with Gasteiger partial charge in [-0.3, -0.25) is 4.79 Å². The molecule has 0 aliphatic carbocycles. The first-order chi connectivity index (χ1) is 9.70. The Labute approximate surface area is 113 Å². The van der Waals surface area contributed by atoms with E-state index in [0.717, 1.165) is 10.8 Å². The van der Waals surface area contributed by atoms with Crippen molar-refractivity contribution in [1.82, 2.24) is 30.5 Å². The number of nitrogen functional groups attached to an aromatic ring is 1. The number of anilines is 1. The maximum absolute atomic E-state index is 11.7. The molecule has 0 spiro atoms. The Kier molecular flexibility index (Phi) is 2.75. The number of nitrogens with one attached hydrogen (secondary N) is 1. The molecule has 3 aromatic rings. The second kappa shape index (κ2) is 4.57. The van der Waals surface area contributed by atoms with E-state index in [4.69, 9.17) is 5.73 Å². The molecule has 3 N–H and O–H groups in total. The van der Waals surface area contributed by atoms with Crippen molar-refractivity contribution in [3.05, 3.63) is 36.3 Å². The van der Waals surface area contributed by atoms with Gasteiger partial charge in [-0.1, -0.05) is 6.07 Å². The maximum Gasteiger partial charge on any atom is 0.290 e. The van der Waals surface area contributed by atoms with Crippen molar-refractivity contribution in [1.29, 1.82) is 0 Å². The molecule has 20 heavy (non-hydrogen) atoms. The van der Waals surface area contributed by atoms with Crippen LogP contribution in [-0.4, -0.2) is 38.1 Å². The normalized spacial score (nSPS) is 10.7. The van der Waals surface area contributed by atoms with E-state index < -0.39 is 0 Å². The van der Waals surface area contributed by atoms with Crippen molar-refractivity contribution in [2.45, 2.75) is 0 Å². The summed E-state index contributed by atoms with van der Waals surface area (Å²) in [5.74, 6) is 0.155. The highest BCUT2D eigenvalue weighted by atomic mass is 16.2. The zero-order valence-electron chi connectivity index (χ0n) is 10.6. The number of amides is 1. The van der Waals surface area contributed by atoms with E-state index >= 15 is 0 Å². The molecule has 0 unspecified atom stereocenters. The molecule has 0 fully saturated rings. The van der Waals surface area contributed by atoms with Crippen LogP contribution in [0.4, 0.5) is 5.82 Å². The van der Waals surface area contributed by atoms with Crippen molar-refractivity contribution >= 4 is 22.5 Å². The topological polar surface area (TPSA) is 112 Å². The second-order valence-corrected chi connectivity index (χ2v) is 4.10. The van der Waals surface area contributed by atoms with Gasteiger partial charge in [-0.15, -0.1) is 5.10 Å². The van der Waals surface area contributed by atoms with Crippen LogP contribution in [0.3, 0.4) is 0 Å². The number of benzene rings is 1. The van der Waals surface area contributed by atoms with Crippen LogP contribution in [0.2, 0.25) is 0 Å². The Morgan fingerprint density at radius 2 is 2.20 bits per heavy atom. The van der Waals surface area contributed by atoms with Gasteiger partial charge in [-0.2, -0.15) is 4.68 Å². The number of fused-ring (bicyclic) bond motifs is 1. The first kappa shape index (κ1) is 12.0. The van der Waals surface area contributed by atoms with E-state index in [0.29, 0.717) is 11.5 Å². The van der Waals surface area contributed by atoms with Crippen LogP contribution in [-0.2, 0) is 0 Å². The largest absolute Gasteiger partial charge is 0.383 e. The van der Waals surface area contributed by atoms with Gasteiger partial charge in [0, 0.05) is 18.6 Å². The summed E-state index contributed by atoms with van der Waals surface area (Å²) in [5, 5.41) is 15.3. The summed E-state index contributed by atoms with van der Waals surface area (Å²) in [6, 6.07) is 7.33. The molecule has 1 amide bonds. The third kappa shape index (κ3) is 1.83. The molecule has 2 aromatic heterocycles. The fourth-order valence-corrected chi connectivity index (χ4v) is 1.92. The molecule has 8 heteroatoms. The molecule has 0 saturated carbocycles. The average molecular weight is 269 g/mol. The van der Waals surface area contributed by atoms with Gasteiger partial charge < -0.3 is 11.1 Å². The summed E-state index contributed by atoms with van der Waals surface area (Å²) >= 11 is 0. The van der Waals surface area contributed by atoms with Gasteiger partial charge in [0.15, 0.2) is 0 Å². The summed E-state index contributed by atoms with van der Waals surface area (Å²) in [4.78, 5) is 15.7. The summed E-state index contributed by atoms with van der Waals surface area (Å²) < 4.78 is 1.35. The van der Waals surface area contributed by atoms with Gasteiger partial charge in [0.05, 0.1) is 5.69 Å². The first-order valence-corrected chi connectivity index (χ1v) is 5.86. The van der Waals surface area contributed by atoms with Gasteiger partial charge in [-0.25, -0.2) is 4.98 Å². The van der Waals surface area contributed by atoms with Crippen LogP contribution < -0.4 is 11.1 Å². The lowest BCUT2D eigenvalue weighted by molar-refractivity contribution is 0.0950. The first-order valence-electron chi connectivity index (χ1n) is 5.86. The monoisotopic (exact) mass is 269 g/mol. The number of hydrogen-bond donors (Lipinski definition) is 2. The Hall–Kier alpha value is -3.03. The molecule has 0 saturated heterocycles. The number of nitrogens with zero attached hydrogens (tertiary/aromatic N) is 5. The zero-order valence-corrected chi connectivity index (χ0v) is 10.6. The smallest absolute Gasteiger partial charge is 0.290 e. The van der Waals surface area contributed by atoms with Crippen LogP contribution >= 0.6 is 0 Å². The predicted octanol–water partition coefficient (Wildman–Crippen LogP) is 0.152. The highest BCUT2D eigenvalue weighted by molar-refractivity contribution is 5.93. The van der Waals surface area contributed by atoms with Crippen LogP contribution in [0.5, 0.6) is 0 Å². The van der Waals surface area contributed by atoms with Crippen LogP contribution in [0.25, 0.3) is 16.5 Å². The van der Waals surface area contributed by atoms with E-state index in [1.807, 2.05) is 18.2 Å². The van der Waals surface area contributed by atoms with Crippen molar-refractivity contribution in [3.8, 4) is 5.69 Å². The number of carbonyl (C=O) groups excluding carboxylic acids is 1. The van der Waals surface area contributed by atoms with Crippen LogP contribution in [0.15, 0.2) is 30.5 Å². The summed E-state index contributed by atoms with van der Waals surface area (Å²) in [6.07, 6.45) is 1.64. The molecule has 2 heterocycles. The third-order valence-corrected chi connectivity index (χ3v) is 2.92. The third-order valence-electron chi connectivity index (χ3n) is 2.92. The zero-order chi connectivity index (χ0) is 14.1. The van der Waals surface area contributed by atoms with E-state index in [1.54, 1.807) is 12.3 Å². The molecule has 0 bridgehead atoms. The molecule has 100 valence electrons. The average Bonchev–Trinajstić information content (AvgIpc) is 2.96. The highest BCUT2D eigenvalue weighted by Crippen LogP contribution is 2.22. The van der Waals surface area contributed by atoms with Gasteiger partial charge >= 0.3 is 0 Å². The van der Waals surface area contributed by atoms with Gasteiger partial charge in [0.1, 0.15) is 5.82 Å². The number of pyridine rings is 1. The summed E-state index contributed by atoms with van der Waals surface area (Å²) in [6.45, 7) is 0. The molecule has 0 atom stereocenters. The van der Waals surface area contributed by atoms with E-state index in [-0.39, 0.29) is 11.7 Å².